The third kappa shape index (κ3) is 2.96. The Morgan fingerprint density at radius 1 is 1.61 bits per heavy atom. The van der Waals surface area contributed by atoms with Crippen LogP contribution in [-0.4, -0.2) is 24.2 Å². The van der Waals surface area contributed by atoms with Crippen LogP contribution in [0.3, 0.4) is 0 Å². The summed E-state index contributed by atoms with van der Waals surface area (Å²) in [5, 5.41) is 0. The van der Waals surface area contributed by atoms with E-state index in [1.807, 2.05) is 25.1 Å². The van der Waals surface area contributed by atoms with E-state index in [2.05, 4.69) is 4.98 Å². The molecule has 96 valence electrons. The van der Waals surface area contributed by atoms with Gasteiger partial charge in [-0.25, -0.2) is 4.79 Å². The minimum Gasteiger partial charge on any atom is -0.463 e. The predicted molar refractivity (Wildman–Crippen MR) is 67.0 cm³/mol. The third-order valence-corrected chi connectivity index (χ3v) is 2.85. The predicted octanol–water partition coefficient (Wildman–Crippen LogP) is 2.34. The van der Waals surface area contributed by atoms with Gasteiger partial charge in [0.2, 0.25) is 0 Å². The van der Waals surface area contributed by atoms with Crippen molar-refractivity contribution in [3.05, 3.63) is 41.2 Å². The Bertz CT molecular complexity index is 468. The van der Waals surface area contributed by atoms with Gasteiger partial charge in [0.1, 0.15) is 0 Å². The number of carbonyl (C=O) groups excluding carboxylic acids is 1. The highest BCUT2D eigenvalue weighted by atomic mass is 16.5. The van der Waals surface area contributed by atoms with Gasteiger partial charge in [-0.15, -0.1) is 0 Å². The van der Waals surface area contributed by atoms with Crippen LogP contribution in [0.25, 0.3) is 0 Å². The Labute approximate surface area is 107 Å². The molecule has 0 N–H and O–H groups in total. The van der Waals surface area contributed by atoms with Gasteiger partial charge < -0.3 is 9.47 Å². The fourth-order valence-corrected chi connectivity index (χ4v) is 1.93. The minimum absolute atomic E-state index is 0.00452. The van der Waals surface area contributed by atoms with Gasteiger partial charge in [-0.2, -0.15) is 0 Å². The van der Waals surface area contributed by atoms with Crippen LogP contribution >= 0.6 is 0 Å². The number of carbonyl (C=O) groups is 1. The number of rotatable bonds is 3. The van der Waals surface area contributed by atoms with Crippen LogP contribution in [-0.2, 0) is 14.3 Å². The average Bonchev–Trinajstić information content (AvgIpc) is 2.39. The van der Waals surface area contributed by atoms with Crippen molar-refractivity contribution in [2.24, 2.45) is 0 Å². The molecule has 1 aliphatic rings. The quantitative estimate of drug-likeness (QED) is 0.769. The lowest BCUT2D eigenvalue weighted by atomic mass is 10.0. The second-order valence-electron chi connectivity index (χ2n) is 4.22. The largest absolute Gasteiger partial charge is 0.463 e. The lowest BCUT2D eigenvalue weighted by Crippen LogP contribution is -2.19. The van der Waals surface area contributed by atoms with Crippen molar-refractivity contribution in [3.8, 4) is 0 Å². The molecule has 0 unspecified atom stereocenters. The lowest BCUT2D eigenvalue weighted by molar-refractivity contribution is -0.139. The molecular formula is C14H17NO3. The van der Waals surface area contributed by atoms with Gasteiger partial charge in [-0.05, 0) is 38.0 Å². The van der Waals surface area contributed by atoms with Crippen molar-refractivity contribution in [2.75, 3.05) is 13.2 Å². The molecular weight excluding hydrogens is 230 g/mol. The van der Waals surface area contributed by atoms with Crippen molar-refractivity contribution >= 4 is 5.97 Å². The third-order valence-electron chi connectivity index (χ3n) is 2.85. The SMILES string of the molecule is CCOC(=O)C1=CC[C@@H](c2ccnc(C)c2)OC1. The Hall–Kier alpha value is -1.68. The molecule has 2 rings (SSSR count). The van der Waals surface area contributed by atoms with Crippen LogP contribution in [0, 0.1) is 6.92 Å². The van der Waals surface area contributed by atoms with Gasteiger partial charge in [0, 0.05) is 11.9 Å². The summed E-state index contributed by atoms with van der Waals surface area (Å²) in [6.07, 6.45) is 4.38. The van der Waals surface area contributed by atoms with Crippen LogP contribution < -0.4 is 0 Å². The summed E-state index contributed by atoms with van der Waals surface area (Å²) < 4.78 is 10.6. The molecule has 1 aromatic rings. The molecule has 0 saturated heterocycles. The molecule has 1 aliphatic heterocycles. The number of nitrogens with zero attached hydrogens (tertiary/aromatic N) is 1. The fourth-order valence-electron chi connectivity index (χ4n) is 1.93. The van der Waals surface area contributed by atoms with E-state index in [1.54, 1.807) is 13.1 Å². The summed E-state index contributed by atoms with van der Waals surface area (Å²) in [6.45, 7) is 4.45. The zero-order valence-corrected chi connectivity index (χ0v) is 10.7. The molecule has 0 saturated carbocycles. The van der Waals surface area contributed by atoms with E-state index in [4.69, 9.17) is 9.47 Å². The Balaban J connectivity index is 2.03. The van der Waals surface area contributed by atoms with E-state index in [0.717, 1.165) is 11.3 Å². The zero-order valence-electron chi connectivity index (χ0n) is 10.7. The van der Waals surface area contributed by atoms with Crippen molar-refractivity contribution in [2.45, 2.75) is 26.4 Å². The molecule has 4 nitrogen and oxygen atoms in total. The number of hydrogen-bond donors (Lipinski definition) is 0. The molecule has 4 heteroatoms. The lowest BCUT2D eigenvalue weighted by Gasteiger charge is -2.22. The number of pyridine rings is 1. The second-order valence-corrected chi connectivity index (χ2v) is 4.22. The molecule has 1 atom stereocenters. The van der Waals surface area contributed by atoms with E-state index in [9.17, 15) is 4.79 Å². The van der Waals surface area contributed by atoms with Crippen molar-refractivity contribution in [3.63, 3.8) is 0 Å². The highest BCUT2D eigenvalue weighted by Gasteiger charge is 2.21. The highest BCUT2D eigenvalue weighted by Crippen LogP contribution is 2.27. The number of aromatic nitrogens is 1. The maximum atomic E-state index is 11.5. The van der Waals surface area contributed by atoms with Crippen LogP contribution in [0.4, 0.5) is 0 Å². The van der Waals surface area contributed by atoms with Crippen molar-refractivity contribution < 1.29 is 14.3 Å². The minimum atomic E-state index is -0.276. The molecule has 0 aromatic carbocycles. The fraction of sp³-hybridized carbons (Fsp3) is 0.429. The second kappa shape index (κ2) is 5.78. The zero-order chi connectivity index (χ0) is 13.0. The summed E-state index contributed by atoms with van der Waals surface area (Å²) in [5.41, 5.74) is 2.68. The summed E-state index contributed by atoms with van der Waals surface area (Å²) >= 11 is 0. The molecule has 0 radical (unpaired) electrons. The molecule has 0 spiro atoms. The summed E-state index contributed by atoms with van der Waals surface area (Å²) in [6, 6.07) is 3.95. The molecule has 0 amide bonds. The Morgan fingerprint density at radius 3 is 3.06 bits per heavy atom. The summed E-state index contributed by atoms with van der Waals surface area (Å²) in [4.78, 5) is 15.7. The topological polar surface area (TPSA) is 48.4 Å². The van der Waals surface area contributed by atoms with Crippen molar-refractivity contribution in [1.29, 1.82) is 0 Å². The molecule has 0 fully saturated rings. The van der Waals surface area contributed by atoms with Gasteiger partial charge >= 0.3 is 5.97 Å². The van der Waals surface area contributed by atoms with Crippen LogP contribution in [0.5, 0.6) is 0 Å². The van der Waals surface area contributed by atoms with E-state index in [1.165, 1.54) is 0 Å². The molecule has 2 heterocycles. The van der Waals surface area contributed by atoms with Crippen molar-refractivity contribution in [1.82, 2.24) is 4.98 Å². The molecule has 18 heavy (non-hydrogen) atoms. The molecule has 1 aromatic heterocycles. The summed E-state index contributed by atoms with van der Waals surface area (Å²) in [7, 11) is 0. The number of aryl methyl sites for hydroxylation is 1. The van der Waals surface area contributed by atoms with Gasteiger partial charge in [0.25, 0.3) is 0 Å². The summed E-state index contributed by atoms with van der Waals surface area (Å²) in [5.74, 6) is -0.276. The first-order valence-corrected chi connectivity index (χ1v) is 6.11. The smallest absolute Gasteiger partial charge is 0.336 e. The maximum absolute atomic E-state index is 11.5. The van der Waals surface area contributed by atoms with E-state index in [0.29, 0.717) is 25.2 Å². The van der Waals surface area contributed by atoms with Crippen LogP contribution in [0.15, 0.2) is 30.0 Å². The first kappa shape index (κ1) is 12.8. The first-order valence-electron chi connectivity index (χ1n) is 6.11. The normalized spacial score (nSPS) is 19.2. The number of hydrogen-bond acceptors (Lipinski definition) is 4. The first-order chi connectivity index (χ1) is 8.70. The Morgan fingerprint density at radius 2 is 2.44 bits per heavy atom. The monoisotopic (exact) mass is 247 g/mol. The number of esters is 1. The van der Waals surface area contributed by atoms with Crippen LogP contribution in [0.1, 0.15) is 30.7 Å². The maximum Gasteiger partial charge on any atom is 0.336 e. The van der Waals surface area contributed by atoms with Gasteiger partial charge in [0.15, 0.2) is 0 Å². The van der Waals surface area contributed by atoms with Gasteiger partial charge in [-0.1, -0.05) is 6.08 Å². The van der Waals surface area contributed by atoms with Crippen LogP contribution in [0.2, 0.25) is 0 Å². The van der Waals surface area contributed by atoms with E-state index >= 15 is 0 Å². The standard InChI is InChI=1S/C14H17NO3/c1-3-17-14(16)12-4-5-13(18-9-12)11-6-7-15-10(2)8-11/h4,6-8,13H,3,5,9H2,1-2H3/t13-/m0/s1. The van der Waals surface area contributed by atoms with E-state index in [-0.39, 0.29) is 12.1 Å². The van der Waals surface area contributed by atoms with Gasteiger partial charge in [-0.3, -0.25) is 4.98 Å². The molecule has 0 aliphatic carbocycles. The number of ether oxygens (including phenoxy) is 2. The Kier molecular flexibility index (Phi) is 4.10. The molecule has 0 bridgehead atoms. The van der Waals surface area contributed by atoms with Gasteiger partial charge in [0.05, 0.1) is 24.9 Å². The average molecular weight is 247 g/mol. The highest BCUT2D eigenvalue weighted by molar-refractivity contribution is 5.88. The van der Waals surface area contributed by atoms with E-state index < -0.39 is 0 Å².